The number of halogens is 2. The fraction of sp³-hybridized carbons (Fsp3) is 0.250. The van der Waals surface area contributed by atoms with Crippen molar-refractivity contribution in [3.8, 4) is 0 Å². The van der Waals surface area contributed by atoms with E-state index in [9.17, 15) is 9.50 Å². The first-order valence-electron chi connectivity index (χ1n) is 6.11. The number of aliphatic hydroxyl groups excluding tert-OH is 1. The van der Waals surface area contributed by atoms with Crippen molar-refractivity contribution in [2.45, 2.75) is 26.9 Å². The monoisotopic (exact) mass is 278 g/mol. The summed E-state index contributed by atoms with van der Waals surface area (Å²) in [5.41, 5.74) is 3.97. The van der Waals surface area contributed by atoms with Gasteiger partial charge in [0.1, 0.15) is 11.9 Å². The van der Waals surface area contributed by atoms with E-state index in [-0.39, 0.29) is 10.6 Å². The van der Waals surface area contributed by atoms with Gasteiger partial charge in [0, 0.05) is 5.56 Å². The maximum atomic E-state index is 14.0. The van der Waals surface area contributed by atoms with Crippen molar-refractivity contribution in [1.29, 1.82) is 0 Å². The van der Waals surface area contributed by atoms with Crippen molar-refractivity contribution < 1.29 is 9.50 Å². The van der Waals surface area contributed by atoms with Gasteiger partial charge in [0.05, 0.1) is 5.02 Å². The highest BCUT2D eigenvalue weighted by atomic mass is 35.5. The SMILES string of the molecule is Cc1cc(C)c(C(O)c2cccc(Cl)c2F)c(C)c1. The van der Waals surface area contributed by atoms with Crippen molar-refractivity contribution in [1.82, 2.24) is 0 Å². The molecule has 0 spiro atoms. The zero-order valence-electron chi connectivity index (χ0n) is 11.2. The van der Waals surface area contributed by atoms with Gasteiger partial charge in [0.15, 0.2) is 0 Å². The van der Waals surface area contributed by atoms with E-state index in [0.717, 1.165) is 22.3 Å². The molecule has 0 aliphatic carbocycles. The number of benzene rings is 2. The largest absolute Gasteiger partial charge is 0.384 e. The maximum absolute atomic E-state index is 14.0. The molecule has 0 bridgehead atoms. The second kappa shape index (κ2) is 5.32. The van der Waals surface area contributed by atoms with Crippen LogP contribution >= 0.6 is 11.6 Å². The molecule has 3 heteroatoms. The standard InChI is InChI=1S/C16H16ClFO/c1-9-7-10(2)14(11(3)8-9)16(19)12-5-4-6-13(17)15(12)18/h4-8,16,19H,1-3H3. The molecular formula is C16H16ClFO. The van der Waals surface area contributed by atoms with Crippen molar-refractivity contribution in [2.24, 2.45) is 0 Å². The molecule has 100 valence electrons. The first-order valence-corrected chi connectivity index (χ1v) is 6.49. The summed E-state index contributed by atoms with van der Waals surface area (Å²) in [5, 5.41) is 10.5. The Hall–Kier alpha value is -1.38. The Morgan fingerprint density at radius 1 is 1.11 bits per heavy atom. The third-order valence-corrected chi connectivity index (χ3v) is 3.58. The van der Waals surface area contributed by atoms with Crippen LogP contribution in [0.3, 0.4) is 0 Å². The summed E-state index contributed by atoms with van der Waals surface area (Å²) >= 11 is 5.76. The molecule has 0 fully saturated rings. The lowest BCUT2D eigenvalue weighted by atomic mass is 9.92. The van der Waals surface area contributed by atoms with Gasteiger partial charge in [-0.25, -0.2) is 4.39 Å². The first kappa shape index (κ1) is 14.0. The Kier molecular flexibility index (Phi) is 3.93. The first-order chi connectivity index (χ1) is 8.91. The van der Waals surface area contributed by atoms with Crippen LogP contribution in [0.25, 0.3) is 0 Å². The number of hydrogen-bond donors (Lipinski definition) is 1. The van der Waals surface area contributed by atoms with Gasteiger partial charge in [-0.2, -0.15) is 0 Å². The van der Waals surface area contributed by atoms with Gasteiger partial charge < -0.3 is 5.11 Å². The molecule has 0 radical (unpaired) electrons. The number of hydrogen-bond acceptors (Lipinski definition) is 1. The zero-order valence-corrected chi connectivity index (χ0v) is 11.9. The molecule has 2 aromatic rings. The second-order valence-electron chi connectivity index (χ2n) is 4.86. The third kappa shape index (κ3) is 2.65. The van der Waals surface area contributed by atoms with E-state index in [1.54, 1.807) is 12.1 Å². The van der Waals surface area contributed by atoms with Crippen LogP contribution in [0.4, 0.5) is 4.39 Å². The quantitative estimate of drug-likeness (QED) is 0.858. The van der Waals surface area contributed by atoms with Gasteiger partial charge >= 0.3 is 0 Å². The van der Waals surface area contributed by atoms with Crippen LogP contribution in [0.5, 0.6) is 0 Å². The molecule has 2 aromatic carbocycles. The van der Waals surface area contributed by atoms with Crippen LogP contribution in [0.15, 0.2) is 30.3 Å². The average molecular weight is 279 g/mol. The summed E-state index contributed by atoms with van der Waals surface area (Å²) in [7, 11) is 0. The minimum Gasteiger partial charge on any atom is -0.384 e. The van der Waals surface area contributed by atoms with Crippen LogP contribution in [0, 0.1) is 26.6 Å². The lowest BCUT2D eigenvalue weighted by molar-refractivity contribution is 0.213. The summed E-state index contributed by atoms with van der Waals surface area (Å²) in [6, 6.07) is 8.64. The molecule has 19 heavy (non-hydrogen) atoms. The minimum atomic E-state index is -1.00. The number of aliphatic hydroxyl groups is 1. The lowest BCUT2D eigenvalue weighted by Crippen LogP contribution is -2.07. The second-order valence-corrected chi connectivity index (χ2v) is 5.27. The minimum absolute atomic E-state index is 0.0268. The fourth-order valence-corrected chi connectivity index (χ4v) is 2.69. The summed E-state index contributed by atoms with van der Waals surface area (Å²) < 4.78 is 14.0. The van der Waals surface area contributed by atoms with Gasteiger partial charge in [0.25, 0.3) is 0 Å². The Morgan fingerprint density at radius 3 is 2.26 bits per heavy atom. The maximum Gasteiger partial charge on any atom is 0.147 e. The van der Waals surface area contributed by atoms with Crippen LogP contribution in [0.2, 0.25) is 5.02 Å². The lowest BCUT2D eigenvalue weighted by Gasteiger charge is -2.18. The predicted octanol–water partition coefficient (Wildman–Crippen LogP) is 4.49. The van der Waals surface area contributed by atoms with E-state index in [0.29, 0.717) is 0 Å². The van der Waals surface area contributed by atoms with Crippen LogP contribution in [-0.4, -0.2) is 5.11 Å². The normalized spacial score (nSPS) is 12.5. The van der Waals surface area contributed by atoms with Crippen LogP contribution in [0.1, 0.15) is 33.9 Å². The zero-order chi connectivity index (χ0) is 14.2. The van der Waals surface area contributed by atoms with E-state index >= 15 is 0 Å². The van der Waals surface area contributed by atoms with Gasteiger partial charge in [-0.15, -0.1) is 0 Å². The van der Waals surface area contributed by atoms with Crippen LogP contribution in [-0.2, 0) is 0 Å². The Balaban J connectivity index is 2.56. The fourth-order valence-electron chi connectivity index (χ4n) is 2.51. The van der Waals surface area contributed by atoms with E-state index in [4.69, 9.17) is 11.6 Å². The Labute approximate surface area is 117 Å². The Bertz CT molecular complexity index is 599. The average Bonchev–Trinajstić information content (AvgIpc) is 2.31. The highest BCUT2D eigenvalue weighted by Gasteiger charge is 2.20. The molecule has 0 aliphatic rings. The molecule has 0 heterocycles. The molecule has 1 atom stereocenters. The highest BCUT2D eigenvalue weighted by molar-refractivity contribution is 6.30. The van der Waals surface area contributed by atoms with Crippen molar-refractivity contribution >= 4 is 11.6 Å². The van der Waals surface area contributed by atoms with Crippen molar-refractivity contribution in [3.63, 3.8) is 0 Å². The van der Waals surface area contributed by atoms with Crippen LogP contribution < -0.4 is 0 Å². The predicted molar refractivity (Wildman–Crippen MR) is 76.1 cm³/mol. The molecule has 1 nitrogen and oxygen atoms in total. The third-order valence-electron chi connectivity index (χ3n) is 3.29. The van der Waals surface area contributed by atoms with Crippen molar-refractivity contribution in [3.05, 3.63) is 69.0 Å². The molecule has 0 amide bonds. The molecule has 1 unspecified atom stereocenters. The summed E-state index contributed by atoms with van der Waals surface area (Å²) in [6.45, 7) is 5.83. The smallest absolute Gasteiger partial charge is 0.147 e. The van der Waals surface area contributed by atoms with Gasteiger partial charge in [0.2, 0.25) is 0 Å². The van der Waals surface area contributed by atoms with E-state index < -0.39 is 11.9 Å². The summed E-state index contributed by atoms with van der Waals surface area (Å²) in [6.07, 6.45) is -1.00. The van der Waals surface area contributed by atoms with E-state index in [1.807, 2.05) is 32.9 Å². The summed E-state index contributed by atoms with van der Waals surface area (Å²) in [5.74, 6) is -0.559. The van der Waals surface area contributed by atoms with E-state index in [1.165, 1.54) is 6.07 Å². The number of aryl methyl sites for hydroxylation is 3. The highest BCUT2D eigenvalue weighted by Crippen LogP contribution is 2.32. The molecule has 0 saturated heterocycles. The topological polar surface area (TPSA) is 20.2 Å². The summed E-state index contributed by atoms with van der Waals surface area (Å²) in [4.78, 5) is 0. The van der Waals surface area contributed by atoms with Gasteiger partial charge in [-0.1, -0.05) is 41.4 Å². The molecule has 0 saturated carbocycles. The molecule has 2 rings (SSSR count). The Morgan fingerprint density at radius 2 is 1.68 bits per heavy atom. The molecule has 0 aromatic heterocycles. The molecule has 1 N–H and O–H groups in total. The van der Waals surface area contributed by atoms with E-state index in [2.05, 4.69) is 0 Å². The van der Waals surface area contributed by atoms with Gasteiger partial charge in [-0.3, -0.25) is 0 Å². The molecular weight excluding hydrogens is 263 g/mol. The van der Waals surface area contributed by atoms with Crippen molar-refractivity contribution in [2.75, 3.05) is 0 Å². The van der Waals surface area contributed by atoms with Gasteiger partial charge in [-0.05, 0) is 43.5 Å². The molecule has 0 aliphatic heterocycles. The number of rotatable bonds is 2.